The number of primary amides is 1. The van der Waals surface area contributed by atoms with Crippen molar-refractivity contribution < 1.29 is 19.6 Å². The van der Waals surface area contributed by atoms with Crippen LogP contribution in [0.3, 0.4) is 0 Å². The van der Waals surface area contributed by atoms with Gasteiger partial charge < -0.3 is 20.5 Å². The zero-order chi connectivity index (χ0) is 14.7. The summed E-state index contributed by atoms with van der Waals surface area (Å²) >= 11 is 0. The van der Waals surface area contributed by atoms with E-state index in [1.54, 1.807) is 4.90 Å². The number of morpholine rings is 1. The lowest BCUT2D eigenvalue weighted by atomic mass is 10.1. The number of amides is 1. The van der Waals surface area contributed by atoms with Crippen LogP contribution in [0.1, 0.15) is 10.4 Å². The minimum atomic E-state index is -0.722. The van der Waals surface area contributed by atoms with Crippen LogP contribution >= 0.6 is 0 Å². The third kappa shape index (κ3) is 2.70. The molecule has 1 heterocycles. The third-order valence-electron chi connectivity index (χ3n) is 3.20. The predicted octanol–water partition coefficient (Wildman–Crippen LogP) is -0.109. The summed E-state index contributed by atoms with van der Waals surface area (Å²) < 4.78 is 5.24. The molecule has 1 aromatic carbocycles. The molecular weight excluding hydrogens is 266 g/mol. The molecule has 1 aliphatic heterocycles. The number of hydrogen-bond donors (Lipinski definition) is 2. The Bertz CT molecular complexity index is 534. The Labute approximate surface area is 114 Å². The molecule has 1 aromatic rings. The van der Waals surface area contributed by atoms with Gasteiger partial charge in [-0.05, 0) is 12.1 Å². The van der Waals surface area contributed by atoms with Crippen molar-refractivity contribution in [3.63, 3.8) is 0 Å². The molecule has 8 heteroatoms. The highest BCUT2D eigenvalue weighted by Gasteiger charge is 2.28. The Hall–Kier alpha value is -2.19. The average Bonchev–Trinajstić information content (AvgIpc) is 2.46. The van der Waals surface area contributed by atoms with E-state index in [9.17, 15) is 20.0 Å². The summed E-state index contributed by atoms with van der Waals surface area (Å²) in [5.41, 5.74) is 5.35. The van der Waals surface area contributed by atoms with E-state index >= 15 is 0 Å². The second-order valence-electron chi connectivity index (χ2n) is 4.43. The molecule has 8 nitrogen and oxygen atoms in total. The predicted molar refractivity (Wildman–Crippen MR) is 70.7 cm³/mol. The first-order valence-corrected chi connectivity index (χ1v) is 6.08. The molecule has 1 saturated heterocycles. The van der Waals surface area contributed by atoms with Gasteiger partial charge >= 0.3 is 0 Å². The number of rotatable bonds is 4. The molecule has 1 unspecified atom stereocenters. The van der Waals surface area contributed by atoms with Gasteiger partial charge in [-0.25, -0.2) is 0 Å². The maximum absolute atomic E-state index is 11.2. The zero-order valence-corrected chi connectivity index (χ0v) is 10.7. The SMILES string of the molecule is NC(=O)c1ccc(N2CCOCC2CO)c([N+](=O)[O-])c1. The number of anilines is 1. The van der Waals surface area contributed by atoms with Gasteiger partial charge in [-0.2, -0.15) is 0 Å². The highest BCUT2D eigenvalue weighted by atomic mass is 16.6. The van der Waals surface area contributed by atoms with Crippen LogP contribution in [0.25, 0.3) is 0 Å². The lowest BCUT2D eigenvalue weighted by Gasteiger charge is -2.35. The Morgan fingerprint density at radius 1 is 1.60 bits per heavy atom. The molecule has 0 saturated carbocycles. The van der Waals surface area contributed by atoms with Gasteiger partial charge in [-0.1, -0.05) is 0 Å². The molecule has 1 amide bonds. The summed E-state index contributed by atoms with van der Waals surface area (Å²) in [5.74, 6) is -0.722. The summed E-state index contributed by atoms with van der Waals surface area (Å²) in [6.45, 7) is 0.979. The van der Waals surface area contributed by atoms with Crippen LogP contribution < -0.4 is 10.6 Å². The van der Waals surface area contributed by atoms with E-state index in [0.717, 1.165) is 6.07 Å². The minimum Gasteiger partial charge on any atom is -0.394 e. The van der Waals surface area contributed by atoms with Gasteiger partial charge in [-0.15, -0.1) is 0 Å². The van der Waals surface area contributed by atoms with Crippen molar-refractivity contribution in [2.75, 3.05) is 31.3 Å². The first-order chi connectivity index (χ1) is 9.54. The molecule has 20 heavy (non-hydrogen) atoms. The normalized spacial score (nSPS) is 18.9. The van der Waals surface area contributed by atoms with Crippen molar-refractivity contribution in [3.8, 4) is 0 Å². The summed E-state index contributed by atoms with van der Waals surface area (Å²) in [7, 11) is 0. The summed E-state index contributed by atoms with van der Waals surface area (Å²) in [4.78, 5) is 23.4. The van der Waals surface area contributed by atoms with E-state index < -0.39 is 10.8 Å². The first kappa shape index (κ1) is 14.2. The molecule has 108 valence electrons. The average molecular weight is 281 g/mol. The van der Waals surface area contributed by atoms with Gasteiger partial charge in [0, 0.05) is 18.2 Å². The van der Waals surface area contributed by atoms with Crippen molar-refractivity contribution in [2.45, 2.75) is 6.04 Å². The molecule has 2 rings (SSSR count). The van der Waals surface area contributed by atoms with Crippen LogP contribution in [0, 0.1) is 10.1 Å². The fraction of sp³-hybridized carbons (Fsp3) is 0.417. The summed E-state index contributed by atoms with van der Waals surface area (Å²) in [5, 5.41) is 20.5. The van der Waals surface area contributed by atoms with Crippen molar-refractivity contribution in [2.24, 2.45) is 5.73 Å². The number of benzene rings is 1. The first-order valence-electron chi connectivity index (χ1n) is 6.08. The molecule has 1 atom stereocenters. The molecule has 3 N–H and O–H groups in total. The van der Waals surface area contributed by atoms with Crippen LogP contribution in [-0.2, 0) is 4.74 Å². The van der Waals surface area contributed by atoms with E-state index in [1.165, 1.54) is 12.1 Å². The molecular formula is C12H15N3O5. The Morgan fingerprint density at radius 2 is 2.35 bits per heavy atom. The highest BCUT2D eigenvalue weighted by Crippen LogP contribution is 2.31. The zero-order valence-electron chi connectivity index (χ0n) is 10.7. The number of nitro groups is 1. The van der Waals surface area contributed by atoms with Crippen molar-refractivity contribution in [3.05, 3.63) is 33.9 Å². The van der Waals surface area contributed by atoms with E-state index in [2.05, 4.69) is 0 Å². The summed E-state index contributed by atoms with van der Waals surface area (Å²) in [6, 6.07) is 3.73. The lowest BCUT2D eigenvalue weighted by molar-refractivity contribution is -0.384. The largest absolute Gasteiger partial charge is 0.394 e. The van der Waals surface area contributed by atoms with E-state index in [0.29, 0.717) is 25.4 Å². The fourth-order valence-corrected chi connectivity index (χ4v) is 2.19. The number of nitro benzene ring substituents is 1. The standard InChI is InChI=1S/C12H15N3O5/c13-12(17)8-1-2-10(11(5-8)15(18)19)14-3-4-20-7-9(14)6-16/h1-2,5,9,16H,3-4,6-7H2,(H2,13,17). The number of aliphatic hydroxyl groups is 1. The van der Waals surface area contributed by atoms with Gasteiger partial charge in [0.15, 0.2) is 0 Å². The second kappa shape index (κ2) is 5.85. The molecule has 0 radical (unpaired) electrons. The van der Waals surface area contributed by atoms with Gasteiger partial charge in [0.05, 0.1) is 30.8 Å². The van der Waals surface area contributed by atoms with E-state index in [-0.39, 0.29) is 23.9 Å². The fourth-order valence-electron chi connectivity index (χ4n) is 2.19. The topological polar surface area (TPSA) is 119 Å². The molecule has 0 spiro atoms. The number of aliphatic hydroxyl groups excluding tert-OH is 1. The van der Waals surface area contributed by atoms with Crippen LogP contribution in [0.5, 0.6) is 0 Å². The Balaban J connectivity index is 2.44. The van der Waals surface area contributed by atoms with Gasteiger partial charge in [0.2, 0.25) is 5.91 Å². The van der Waals surface area contributed by atoms with E-state index in [4.69, 9.17) is 10.5 Å². The van der Waals surface area contributed by atoms with Gasteiger partial charge in [-0.3, -0.25) is 14.9 Å². The van der Waals surface area contributed by atoms with Crippen LogP contribution in [-0.4, -0.2) is 48.3 Å². The maximum atomic E-state index is 11.2. The number of nitrogens with zero attached hydrogens (tertiary/aromatic N) is 2. The highest BCUT2D eigenvalue weighted by molar-refractivity contribution is 5.94. The van der Waals surface area contributed by atoms with E-state index in [1.807, 2.05) is 0 Å². The lowest BCUT2D eigenvalue weighted by Crippen LogP contribution is -2.47. The van der Waals surface area contributed by atoms with Gasteiger partial charge in [0.25, 0.3) is 5.69 Å². The third-order valence-corrected chi connectivity index (χ3v) is 3.20. The molecule has 1 fully saturated rings. The number of carbonyl (C=O) groups excluding carboxylic acids is 1. The monoisotopic (exact) mass is 281 g/mol. The number of carbonyl (C=O) groups is 1. The Kier molecular flexibility index (Phi) is 4.16. The van der Waals surface area contributed by atoms with Crippen molar-refractivity contribution >= 4 is 17.3 Å². The van der Waals surface area contributed by atoms with Crippen molar-refractivity contribution in [1.29, 1.82) is 0 Å². The summed E-state index contributed by atoms with van der Waals surface area (Å²) in [6.07, 6.45) is 0. The van der Waals surface area contributed by atoms with Gasteiger partial charge in [0.1, 0.15) is 5.69 Å². The number of hydrogen-bond acceptors (Lipinski definition) is 6. The smallest absolute Gasteiger partial charge is 0.293 e. The number of ether oxygens (including phenoxy) is 1. The van der Waals surface area contributed by atoms with Crippen LogP contribution in [0.2, 0.25) is 0 Å². The minimum absolute atomic E-state index is 0.0780. The van der Waals surface area contributed by atoms with Crippen molar-refractivity contribution in [1.82, 2.24) is 0 Å². The molecule has 1 aliphatic rings. The van der Waals surface area contributed by atoms with Crippen LogP contribution in [0.4, 0.5) is 11.4 Å². The molecule has 0 aromatic heterocycles. The molecule has 0 aliphatic carbocycles. The maximum Gasteiger partial charge on any atom is 0.293 e. The Morgan fingerprint density at radius 3 is 2.95 bits per heavy atom. The van der Waals surface area contributed by atoms with Crippen LogP contribution in [0.15, 0.2) is 18.2 Å². The second-order valence-corrected chi connectivity index (χ2v) is 4.43. The quantitative estimate of drug-likeness (QED) is 0.587. The number of nitrogens with two attached hydrogens (primary N) is 1. The molecule has 0 bridgehead atoms.